The first kappa shape index (κ1) is 23.3. The summed E-state index contributed by atoms with van der Waals surface area (Å²) >= 11 is 2.70. The van der Waals surface area contributed by atoms with E-state index in [9.17, 15) is 9.59 Å². The summed E-state index contributed by atoms with van der Waals surface area (Å²) in [6, 6.07) is 15.5. The van der Waals surface area contributed by atoms with E-state index in [4.69, 9.17) is 13.9 Å². The van der Waals surface area contributed by atoms with E-state index < -0.39 is 0 Å². The van der Waals surface area contributed by atoms with Gasteiger partial charge in [-0.05, 0) is 55.3 Å². The van der Waals surface area contributed by atoms with Crippen molar-refractivity contribution in [3.8, 4) is 11.5 Å². The maximum absolute atomic E-state index is 11.7. The largest absolute Gasteiger partial charge is 0.497 e. The smallest absolute Gasteiger partial charge is 0.286 e. The van der Waals surface area contributed by atoms with Crippen LogP contribution in [0.25, 0.3) is 0 Å². The van der Waals surface area contributed by atoms with E-state index in [1.54, 1.807) is 18.9 Å². The summed E-state index contributed by atoms with van der Waals surface area (Å²) in [5.41, 5.74) is 1.88. The van der Waals surface area contributed by atoms with Gasteiger partial charge in [0.25, 0.3) is 5.24 Å². The third-order valence-electron chi connectivity index (χ3n) is 5.08. The molecule has 0 saturated carbocycles. The van der Waals surface area contributed by atoms with Crippen molar-refractivity contribution in [3.63, 3.8) is 0 Å². The molecule has 1 aliphatic heterocycles. The number of methoxy groups -OCH3 is 1. The van der Waals surface area contributed by atoms with Crippen LogP contribution in [0.4, 0.5) is 4.79 Å². The Morgan fingerprint density at radius 1 is 1.09 bits per heavy atom. The minimum Gasteiger partial charge on any atom is -0.497 e. The SMILES string of the molecule is COc1ccc(SCc2nc(CCOc3ccc(CC4SC(=O)NC4=O)cc3)c(C)o2)cc1. The maximum atomic E-state index is 11.7. The number of nitrogens with zero attached hydrogens (tertiary/aromatic N) is 1. The van der Waals surface area contributed by atoms with E-state index >= 15 is 0 Å². The number of oxazole rings is 1. The van der Waals surface area contributed by atoms with Gasteiger partial charge in [-0.1, -0.05) is 23.9 Å². The second kappa shape index (κ2) is 10.8. The van der Waals surface area contributed by atoms with Gasteiger partial charge in [-0.15, -0.1) is 11.8 Å². The molecule has 1 aromatic heterocycles. The van der Waals surface area contributed by atoms with Gasteiger partial charge in [0, 0.05) is 11.3 Å². The van der Waals surface area contributed by atoms with Crippen molar-refractivity contribution in [2.75, 3.05) is 13.7 Å². The molecule has 1 aliphatic rings. The van der Waals surface area contributed by atoms with Gasteiger partial charge in [0.2, 0.25) is 11.8 Å². The predicted molar refractivity (Wildman–Crippen MR) is 128 cm³/mol. The fourth-order valence-corrected chi connectivity index (χ4v) is 4.93. The van der Waals surface area contributed by atoms with Gasteiger partial charge >= 0.3 is 0 Å². The lowest BCUT2D eigenvalue weighted by Crippen LogP contribution is -2.25. The van der Waals surface area contributed by atoms with Gasteiger partial charge in [0.15, 0.2) is 0 Å². The highest BCUT2D eigenvalue weighted by Gasteiger charge is 2.31. The third kappa shape index (κ3) is 6.33. The van der Waals surface area contributed by atoms with Crippen molar-refractivity contribution in [2.24, 2.45) is 0 Å². The lowest BCUT2D eigenvalue weighted by molar-refractivity contribution is -0.118. The fourth-order valence-electron chi connectivity index (χ4n) is 3.33. The molecule has 1 atom stereocenters. The zero-order valence-electron chi connectivity index (χ0n) is 18.3. The van der Waals surface area contributed by atoms with Gasteiger partial charge in [-0.2, -0.15) is 0 Å². The normalized spacial score (nSPS) is 15.5. The lowest BCUT2D eigenvalue weighted by atomic mass is 10.1. The molecular weight excluding hydrogens is 460 g/mol. The molecule has 0 aliphatic carbocycles. The van der Waals surface area contributed by atoms with Crippen LogP contribution in [0.5, 0.6) is 11.5 Å². The molecule has 2 aromatic carbocycles. The summed E-state index contributed by atoms with van der Waals surface area (Å²) in [4.78, 5) is 28.7. The van der Waals surface area contributed by atoms with Crippen molar-refractivity contribution in [1.82, 2.24) is 10.3 Å². The van der Waals surface area contributed by atoms with Crippen molar-refractivity contribution in [2.45, 2.75) is 35.7 Å². The zero-order chi connectivity index (χ0) is 23.2. The number of amides is 2. The van der Waals surface area contributed by atoms with E-state index in [1.807, 2.05) is 55.5 Å². The third-order valence-corrected chi connectivity index (χ3v) is 7.06. The highest BCUT2D eigenvalue weighted by atomic mass is 32.2. The molecule has 2 amide bonds. The number of aromatic nitrogens is 1. The number of carbonyl (C=O) groups is 2. The fraction of sp³-hybridized carbons (Fsp3) is 0.292. The second-order valence-corrected chi connectivity index (χ2v) is 9.63. The molecule has 33 heavy (non-hydrogen) atoms. The van der Waals surface area contributed by atoms with Gasteiger partial charge in [0.1, 0.15) is 17.3 Å². The Hall–Kier alpha value is -2.91. The van der Waals surface area contributed by atoms with Gasteiger partial charge in [-0.25, -0.2) is 4.98 Å². The first-order valence-corrected chi connectivity index (χ1v) is 12.3. The van der Waals surface area contributed by atoms with Crippen LogP contribution < -0.4 is 14.8 Å². The molecular formula is C24H24N2O5S2. The highest BCUT2D eigenvalue weighted by Crippen LogP contribution is 2.26. The number of hydrogen-bond acceptors (Lipinski definition) is 8. The molecule has 1 N–H and O–H groups in total. The molecule has 172 valence electrons. The Labute approximate surface area is 200 Å². The van der Waals surface area contributed by atoms with Crippen LogP contribution in [0.1, 0.15) is 22.9 Å². The van der Waals surface area contributed by atoms with E-state index in [-0.39, 0.29) is 16.4 Å². The van der Waals surface area contributed by atoms with E-state index in [0.717, 1.165) is 45.2 Å². The number of carbonyl (C=O) groups excluding carboxylic acids is 2. The van der Waals surface area contributed by atoms with Crippen LogP contribution >= 0.6 is 23.5 Å². The Balaban J connectivity index is 1.23. The average Bonchev–Trinajstić information content (AvgIpc) is 3.33. The molecule has 7 nitrogen and oxygen atoms in total. The van der Waals surface area contributed by atoms with Crippen LogP contribution in [0.3, 0.4) is 0 Å². The molecule has 0 spiro atoms. The number of ether oxygens (including phenoxy) is 2. The average molecular weight is 485 g/mol. The molecule has 1 saturated heterocycles. The molecule has 4 rings (SSSR count). The topological polar surface area (TPSA) is 90.7 Å². The summed E-state index contributed by atoms with van der Waals surface area (Å²) in [5.74, 6) is 3.50. The number of aryl methyl sites for hydroxylation is 1. The van der Waals surface area contributed by atoms with E-state index in [1.165, 1.54) is 0 Å². The molecule has 3 aromatic rings. The molecule has 1 fully saturated rings. The summed E-state index contributed by atoms with van der Waals surface area (Å²) < 4.78 is 16.8. The second-order valence-electron chi connectivity index (χ2n) is 7.40. The zero-order valence-corrected chi connectivity index (χ0v) is 20.0. The Morgan fingerprint density at radius 3 is 2.48 bits per heavy atom. The molecule has 0 radical (unpaired) electrons. The van der Waals surface area contributed by atoms with Crippen molar-refractivity contribution in [3.05, 3.63) is 71.4 Å². The summed E-state index contributed by atoms with van der Waals surface area (Å²) in [6.45, 7) is 2.40. The molecule has 9 heteroatoms. The molecule has 1 unspecified atom stereocenters. The van der Waals surface area contributed by atoms with Gasteiger partial charge < -0.3 is 13.9 Å². The van der Waals surface area contributed by atoms with Crippen LogP contribution in [-0.4, -0.2) is 35.1 Å². The Bertz CT molecular complexity index is 1110. The number of rotatable bonds is 10. The monoisotopic (exact) mass is 484 g/mol. The van der Waals surface area contributed by atoms with E-state index in [0.29, 0.717) is 31.1 Å². The first-order chi connectivity index (χ1) is 16.0. The van der Waals surface area contributed by atoms with Crippen molar-refractivity contribution in [1.29, 1.82) is 0 Å². The minimum atomic E-state index is -0.364. The van der Waals surface area contributed by atoms with Crippen LogP contribution in [0.2, 0.25) is 0 Å². The maximum Gasteiger partial charge on any atom is 0.286 e. The summed E-state index contributed by atoms with van der Waals surface area (Å²) in [5, 5.41) is 1.66. The van der Waals surface area contributed by atoms with Crippen LogP contribution in [0.15, 0.2) is 57.8 Å². The number of nitrogens with one attached hydrogen (secondary N) is 1. The van der Waals surface area contributed by atoms with Gasteiger partial charge in [-0.3, -0.25) is 14.9 Å². The number of hydrogen-bond donors (Lipinski definition) is 1. The quantitative estimate of drug-likeness (QED) is 0.411. The highest BCUT2D eigenvalue weighted by molar-refractivity contribution is 8.15. The summed E-state index contributed by atoms with van der Waals surface area (Å²) in [7, 11) is 1.65. The van der Waals surface area contributed by atoms with Gasteiger partial charge in [0.05, 0.1) is 30.4 Å². The van der Waals surface area contributed by atoms with Crippen LogP contribution in [-0.2, 0) is 23.4 Å². The van der Waals surface area contributed by atoms with Crippen molar-refractivity contribution >= 4 is 34.7 Å². The predicted octanol–water partition coefficient (Wildman–Crippen LogP) is 4.80. The minimum absolute atomic E-state index is 0.227. The first-order valence-electron chi connectivity index (χ1n) is 10.5. The number of imide groups is 1. The Morgan fingerprint density at radius 2 is 1.82 bits per heavy atom. The van der Waals surface area contributed by atoms with Crippen LogP contribution in [0, 0.1) is 6.92 Å². The number of benzene rings is 2. The number of thioether (sulfide) groups is 2. The molecule has 0 bridgehead atoms. The standard InChI is InChI=1S/C24H24N2O5S2/c1-15-20(25-22(31-15)14-32-19-9-7-17(29-2)8-10-19)11-12-30-18-5-3-16(4-6-18)13-21-23(27)26-24(28)33-21/h3-10,21H,11-14H2,1-2H3,(H,26,27,28). The van der Waals surface area contributed by atoms with E-state index in [2.05, 4.69) is 10.3 Å². The Kier molecular flexibility index (Phi) is 7.61. The molecule has 2 heterocycles. The van der Waals surface area contributed by atoms with Crippen molar-refractivity contribution < 1.29 is 23.5 Å². The summed E-state index contributed by atoms with van der Waals surface area (Å²) in [6.07, 6.45) is 1.16. The lowest BCUT2D eigenvalue weighted by Gasteiger charge is -2.08.